The van der Waals surface area contributed by atoms with Crippen molar-refractivity contribution in [3.8, 4) is 0 Å². The van der Waals surface area contributed by atoms with Gasteiger partial charge in [-0.1, -0.05) is 19.3 Å². The predicted octanol–water partition coefficient (Wildman–Crippen LogP) is 1.85. The highest BCUT2D eigenvalue weighted by atomic mass is 32.2. The lowest BCUT2D eigenvalue weighted by Crippen LogP contribution is -2.26. The van der Waals surface area contributed by atoms with Crippen molar-refractivity contribution in [2.75, 3.05) is 25.6 Å². The summed E-state index contributed by atoms with van der Waals surface area (Å²) >= 11 is 1.78. The lowest BCUT2D eigenvalue weighted by molar-refractivity contribution is 0.394. The predicted molar refractivity (Wildman–Crippen MR) is 63.4 cm³/mol. The van der Waals surface area contributed by atoms with Crippen LogP contribution in [0.15, 0.2) is 0 Å². The molecule has 0 heterocycles. The fourth-order valence-corrected chi connectivity index (χ4v) is 1.74. The van der Waals surface area contributed by atoms with Crippen LogP contribution in [0.1, 0.15) is 32.1 Å². The van der Waals surface area contributed by atoms with Crippen LogP contribution in [0.25, 0.3) is 0 Å². The Bertz CT molecular complexity index is 90.9. The molecule has 1 saturated carbocycles. The molecule has 1 aliphatic rings. The Morgan fingerprint density at radius 1 is 1.31 bits per heavy atom. The van der Waals surface area contributed by atoms with Crippen molar-refractivity contribution in [3.63, 3.8) is 0 Å². The average molecular weight is 204 g/mol. The number of nitrogens with one attached hydrogen (secondary N) is 1. The van der Waals surface area contributed by atoms with Crippen molar-refractivity contribution in [1.82, 2.24) is 5.32 Å². The Balaban J connectivity index is 0.000000252. The molecule has 0 bridgehead atoms. The number of hydrogen-bond acceptors (Lipinski definition) is 3. The SMILES string of the molecule is CNC1CCCCC1.CSCCN. The molecule has 13 heavy (non-hydrogen) atoms. The van der Waals surface area contributed by atoms with Crippen LogP contribution in [0.3, 0.4) is 0 Å². The number of thioether (sulfide) groups is 1. The summed E-state index contributed by atoms with van der Waals surface area (Å²) in [5.74, 6) is 1.08. The van der Waals surface area contributed by atoms with Crippen LogP contribution in [0.4, 0.5) is 0 Å². The Morgan fingerprint density at radius 3 is 2.15 bits per heavy atom. The third-order valence-corrected chi connectivity index (χ3v) is 2.98. The van der Waals surface area contributed by atoms with Crippen molar-refractivity contribution in [3.05, 3.63) is 0 Å². The first-order chi connectivity index (χ1) is 6.35. The Labute approximate surface area is 87.0 Å². The van der Waals surface area contributed by atoms with Gasteiger partial charge in [0.1, 0.15) is 0 Å². The zero-order chi connectivity index (χ0) is 9.94. The van der Waals surface area contributed by atoms with Gasteiger partial charge in [0.2, 0.25) is 0 Å². The molecule has 0 aromatic carbocycles. The molecule has 0 aromatic rings. The van der Waals surface area contributed by atoms with E-state index < -0.39 is 0 Å². The zero-order valence-electron chi connectivity index (χ0n) is 9.01. The number of rotatable bonds is 3. The van der Waals surface area contributed by atoms with Crippen LogP contribution >= 0.6 is 11.8 Å². The maximum Gasteiger partial charge on any atom is 0.00640 e. The molecule has 3 N–H and O–H groups in total. The molecule has 3 heteroatoms. The molecular weight excluding hydrogens is 180 g/mol. The maximum atomic E-state index is 5.12. The molecule has 0 spiro atoms. The van der Waals surface area contributed by atoms with Crippen molar-refractivity contribution < 1.29 is 0 Å². The van der Waals surface area contributed by atoms with Crippen LogP contribution in [0.2, 0.25) is 0 Å². The Kier molecular flexibility index (Phi) is 10.6. The van der Waals surface area contributed by atoms with E-state index in [1.807, 2.05) is 6.26 Å². The summed E-state index contributed by atoms with van der Waals surface area (Å²) in [5, 5.41) is 3.30. The third-order valence-electron chi connectivity index (χ3n) is 2.34. The van der Waals surface area contributed by atoms with E-state index in [1.165, 1.54) is 32.1 Å². The first kappa shape index (κ1) is 13.3. The maximum absolute atomic E-state index is 5.12. The van der Waals surface area contributed by atoms with Gasteiger partial charge in [-0.25, -0.2) is 0 Å². The van der Waals surface area contributed by atoms with Gasteiger partial charge in [-0.05, 0) is 26.1 Å². The van der Waals surface area contributed by atoms with Crippen molar-refractivity contribution in [2.24, 2.45) is 5.73 Å². The standard InChI is InChI=1S/C7H15N.C3H9NS/c1-8-7-5-3-2-4-6-7;1-5-3-2-4/h7-8H,2-6H2,1H3;2-4H2,1H3. The highest BCUT2D eigenvalue weighted by Crippen LogP contribution is 2.16. The van der Waals surface area contributed by atoms with Crippen LogP contribution in [0, 0.1) is 0 Å². The van der Waals surface area contributed by atoms with Crippen LogP contribution in [-0.2, 0) is 0 Å². The first-order valence-corrected chi connectivity index (χ1v) is 6.60. The van der Waals surface area contributed by atoms with Crippen molar-refractivity contribution in [2.45, 2.75) is 38.1 Å². The molecule has 0 atom stereocenters. The topological polar surface area (TPSA) is 38.0 Å². The Morgan fingerprint density at radius 2 is 1.92 bits per heavy atom. The van der Waals surface area contributed by atoms with Gasteiger partial charge >= 0.3 is 0 Å². The largest absolute Gasteiger partial charge is 0.330 e. The van der Waals surface area contributed by atoms with E-state index in [0.717, 1.165) is 18.3 Å². The molecule has 0 saturated heterocycles. The second-order valence-electron chi connectivity index (χ2n) is 3.41. The second kappa shape index (κ2) is 10.4. The van der Waals surface area contributed by atoms with E-state index in [2.05, 4.69) is 12.4 Å². The first-order valence-electron chi connectivity index (χ1n) is 5.21. The minimum atomic E-state index is 0.807. The fourth-order valence-electron chi connectivity index (χ4n) is 1.51. The minimum absolute atomic E-state index is 0.807. The van der Waals surface area contributed by atoms with E-state index >= 15 is 0 Å². The van der Waals surface area contributed by atoms with Crippen LogP contribution in [0.5, 0.6) is 0 Å². The molecule has 0 aliphatic heterocycles. The van der Waals surface area contributed by atoms with E-state index in [1.54, 1.807) is 11.8 Å². The summed E-state index contributed by atoms with van der Waals surface area (Å²) in [6.07, 6.45) is 9.18. The van der Waals surface area contributed by atoms with E-state index in [4.69, 9.17) is 5.73 Å². The molecule has 0 aromatic heterocycles. The fraction of sp³-hybridized carbons (Fsp3) is 1.00. The van der Waals surface area contributed by atoms with Gasteiger partial charge in [0, 0.05) is 18.3 Å². The molecule has 0 amide bonds. The summed E-state index contributed by atoms with van der Waals surface area (Å²) in [5.41, 5.74) is 5.12. The van der Waals surface area contributed by atoms with Gasteiger partial charge in [-0.15, -0.1) is 0 Å². The average Bonchev–Trinajstić information content (AvgIpc) is 2.21. The van der Waals surface area contributed by atoms with Gasteiger partial charge in [0.05, 0.1) is 0 Å². The summed E-state index contributed by atoms with van der Waals surface area (Å²) in [7, 11) is 2.07. The molecule has 0 unspecified atom stereocenters. The van der Waals surface area contributed by atoms with E-state index in [0.29, 0.717) is 0 Å². The molecular formula is C10H24N2S. The quantitative estimate of drug-likeness (QED) is 0.737. The van der Waals surface area contributed by atoms with Crippen LogP contribution in [-0.4, -0.2) is 31.6 Å². The molecule has 2 nitrogen and oxygen atoms in total. The zero-order valence-corrected chi connectivity index (χ0v) is 9.83. The molecule has 0 radical (unpaired) electrons. The Hall–Kier alpha value is 0.270. The van der Waals surface area contributed by atoms with Gasteiger partial charge < -0.3 is 11.1 Å². The van der Waals surface area contributed by atoms with Gasteiger partial charge in [-0.3, -0.25) is 0 Å². The number of hydrogen-bond donors (Lipinski definition) is 2. The van der Waals surface area contributed by atoms with Gasteiger partial charge in [0.15, 0.2) is 0 Å². The van der Waals surface area contributed by atoms with Crippen molar-refractivity contribution in [1.29, 1.82) is 0 Å². The summed E-state index contributed by atoms with van der Waals surface area (Å²) in [4.78, 5) is 0. The molecule has 80 valence electrons. The molecule has 1 rings (SSSR count). The molecule has 1 fully saturated rings. The third kappa shape index (κ3) is 8.60. The molecule has 1 aliphatic carbocycles. The van der Waals surface area contributed by atoms with Crippen LogP contribution < -0.4 is 11.1 Å². The van der Waals surface area contributed by atoms with Gasteiger partial charge in [-0.2, -0.15) is 11.8 Å². The van der Waals surface area contributed by atoms with Gasteiger partial charge in [0.25, 0.3) is 0 Å². The smallest absolute Gasteiger partial charge is 0.00640 e. The highest BCUT2D eigenvalue weighted by Gasteiger charge is 2.09. The van der Waals surface area contributed by atoms with E-state index in [9.17, 15) is 0 Å². The summed E-state index contributed by atoms with van der Waals surface area (Å²) < 4.78 is 0. The minimum Gasteiger partial charge on any atom is -0.330 e. The lowest BCUT2D eigenvalue weighted by Gasteiger charge is -2.20. The summed E-state index contributed by atoms with van der Waals surface area (Å²) in [6.45, 7) is 0.807. The van der Waals surface area contributed by atoms with E-state index in [-0.39, 0.29) is 0 Å². The lowest BCUT2D eigenvalue weighted by atomic mass is 9.96. The summed E-state index contributed by atoms with van der Waals surface area (Å²) in [6, 6.07) is 0.837. The highest BCUT2D eigenvalue weighted by molar-refractivity contribution is 7.98. The normalized spacial score (nSPS) is 17.8. The number of nitrogens with two attached hydrogens (primary N) is 1. The second-order valence-corrected chi connectivity index (χ2v) is 4.39. The van der Waals surface area contributed by atoms with Crippen molar-refractivity contribution >= 4 is 11.8 Å². The monoisotopic (exact) mass is 204 g/mol.